The van der Waals surface area contributed by atoms with Crippen LogP contribution in [0.15, 0.2) is 42.5 Å². The number of rotatable bonds is 9. The monoisotopic (exact) mass is 422 g/mol. The molecule has 2 N–H and O–H groups in total. The van der Waals surface area contributed by atoms with E-state index in [-0.39, 0.29) is 36.6 Å². The Hall–Kier alpha value is -2.16. The molecule has 0 aliphatic carbocycles. The van der Waals surface area contributed by atoms with Gasteiger partial charge < -0.3 is 14.8 Å². The number of fused-ring (bicyclic) bond motifs is 1. The predicted octanol–water partition coefficient (Wildman–Crippen LogP) is 2.45. The van der Waals surface area contributed by atoms with Gasteiger partial charge in [-0.3, -0.25) is 0 Å². The number of ether oxygens (including phenoxy) is 2. The predicted molar refractivity (Wildman–Crippen MR) is 111 cm³/mol. The molecule has 0 fully saturated rings. The zero-order valence-corrected chi connectivity index (χ0v) is 17.5. The maximum atomic E-state index is 14.5. The molecule has 0 saturated carbocycles. The van der Waals surface area contributed by atoms with Crippen molar-refractivity contribution in [1.29, 1.82) is 0 Å². The summed E-state index contributed by atoms with van der Waals surface area (Å²) in [6.45, 7) is 2.13. The SMILES string of the molecule is CCS(=O)(=O)NCCOc1cc2c(cc1F)OC[C@H](NC)[C@@H]2Cc1ccccc1. The number of sulfonamides is 1. The van der Waals surface area contributed by atoms with Crippen molar-refractivity contribution in [2.75, 3.05) is 32.6 Å². The first-order valence-electron chi connectivity index (χ1n) is 9.71. The van der Waals surface area contributed by atoms with Crippen molar-refractivity contribution in [1.82, 2.24) is 10.0 Å². The molecule has 158 valence electrons. The Morgan fingerprint density at radius 2 is 2.00 bits per heavy atom. The van der Waals surface area contributed by atoms with Crippen LogP contribution in [0.25, 0.3) is 0 Å². The summed E-state index contributed by atoms with van der Waals surface area (Å²) >= 11 is 0. The van der Waals surface area contributed by atoms with Gasteiger partial charge in [0.2, 0.25) is 10.0 Å². The van der Waals surface area contributed by atoms with Gasteiger partial charge >= 0.3 is 0 Å². The summed E-state index contributed by atoms with van der Waals surface area (Å²) in [6.07, 6.45) is 0.782. The minimum absolute atomic E-state index is 0.00980. The first-order chi connectivity index (χ1) is 13.9. The lowest BCUT2D eigenvalue weighted by Gasteiger charge is -2.34. The first kappa shape index (κ1) is 21.5. The molecule has 0 amide bonds. The van der Waals surface area contributed by atoms with Crippen LogP contribution in [0.4, 0.5) is 4.39 Å². The van der Waals surface area contributed by atoms with Crippen LogP contribution in [0.5, 0.6) is 11.5 Å². The summed E-state index contributed by atoms with van der Waals surface area (Å²) < 4.78 is 51.2. The topological polar surface area (TPSA) is 76.7 Å². The lowest BCUT2D eigenvalue weighted by molar-refractivity contribution is 0.215. The number of nitrogens with one attached hydrogen (secondary N) is 2. The van der Waals surface area contributed by atoms with Gasteiger partial charge in [-0.2, -0.15) is 0 Å². The minimum atomic E-state index is -3.30. The van der Waals surface area contributed by atoms with E-state index in [9.17, 15) is 12.8 Å². The molecule has 0 bridgehead atoms. The zero-order chi connectivity index (χ0) is 20.9. The van der Waals surface area contributed by atoms with Crippen LogP contribution >= 0.6 is 0 Å². The van der Waals surface area contributed by atoms with Gasteiger partial charge in [0.1, 0.15) is 19.0 Å². The Balaban J connectivity index is 1.79. The van der Waals surface area contributed by atoms with E-state index in [2.05, 4.69) is 22.2 Å². The molecule has 1 aliphatic heterocycles. The van der Waals surface area contributed by atoms with E-state index in [4.69, 9.17) is 9.47 Å². The third-order valence-corrected chi connectivity index (χ3v) is 6.50. The molecule has 2 aromatic carbocycles. The van der Waals surface area contributed by atoms with Crippen molar-refractivity contribution in [3.05, 3.63) is 59.4 Å². The van der Waals surface area contributed by atoms with Gasteiger partial charge in [0.05, 0.1) is 5.75 Å². The van der Waals surface area contributed by atoms with Gasteiger partial charge in [-0.05, 0) is 32.0 Å². The van der Waals surface area contributed by atoms with Crippen LogP contribution in [0.2, 0.25) is 0 Å². The molecule has 0 unspecified atom stereocenters. The van der Waals surface area contributed by atoms with E-state index >= 15 is 0 Å². The fraction of sp³-hybridized carbons (Fsp3) is 0.429. The maximum absolute atomic E-state index is 14.5. The fourth-order valence-corrected chi connectivity index (χ4v) is 4.05. The number of hydrogen-bond donors (Lipinski definition) is 2. The van der Waals surface area contributed by atoms with Gasteiger partial charge in [0.15, 0.2) is 11.6 Å². The molecule has 8 heteroatoms. The first-order valence-corrected chi connectivity index (χ1v) is 11.4. The highest BCUT2D eigenvalue weighted by Gasteiger charge is 2.31. The Kier molecular flexibility index (Phi) is 7.10. The van der Waals surface area contributed by atoms with Crippen molar-refractivity contribution >= 4 is 10.0 Å². The van der Waals surface area contributed by atoms with E-state index in [0.717, 1.165) is 12.0 Å². The lowest BCUT2D eigenvalue weighted by Crippen LogP contribution is -2.41. The molecule has 29 heavy (non-hydrogen) atoms. The highest BCUT2D eigenvalue weighted by Crippen LogP contribution is 2.39. The van der Waals surface area contributed by atoms with Gasteiger partial charge in [-0.25, -0.2) is 17.5 Å². The number of halogens is 1. The van der Waals surface area contributed by atoms with Crippen molar-refractivity contribution in [3.8, 4) is 11.5 Å². The van der Waals surface area contributed by atoms with E-state index in [1.807, 2.05) is 25.2 Å². The third-order valence-electron chi connectivity index (χ3n) is 5.10. The van der Waals surface area contributed by atoms with Crippen molar-refractivity contribution in [2.45, 2.75) is 25.3 Å². The smallest absolute Gasteiger partial charge is 0.211 e. The van der Waals surface area contributed by atoms with Crippen LogP contribution < -0.4 is 19.5 Å². The van der Waals surface area contributed by atoms with Gasteiger partial charge in [-0.15, -0.1) is 0 Å². The Bertz CT molecular complexity index is 922. The van der Waals surface area contributed by atoms with Crippen LogP contribution in [0.3, 0.4) is 0 Å². The number of hydrogen-bond acceptors (Lipinski definition) is 5. The lowest BCUT2D eigenvalue weighted by atomic mass is 9.84. The van der Waals surface area contributed by atoms with Gasteiger partial charge in [0.25, 0.3) is 0 Å². The minimum Gasteiger partial charge on any atom is -0.492 e. The highest BCUT2D eigenvalue weighted by molar-refractivity contribution is 7.89. The maximum Gasteiger partial charge on any atom is 0.211 e. The standard InChI is InChI=1S/C21H27FN2O4S/c1-3-29(25,26)24-9-10-27-21-12-17-16(11-15-7-5-4-6-8-15)19(23-2)14-28-20(17)13-18(21)22/h4-8,12-13,16,19,23-24H,3,9-11,14H2,1-2H3/t16-,19+/m1/s1. The molecule has 3 rings (SSSR count). The average Bonchev–Trinajstić information content (AvgIpc) is 2.72. The molecule has 0 saturated heterocycles. The van der Waals surface area contributed by atoms with E-state index in [1.54, 1.807) is 13.0 Å². The van der Waals surface area contributed by atoms with Crippen molar-refractivity contribution in [2.24, 2.45) is 0 Å². The van der Waals surface area contributed by atoms with E-state index in [0.29, 0.717) is 12.4 Å². The molecule has 2 aromatic rings. The summed E-state index contributed by atoms with van der Waals surface area (Å²) in [5.74, 6) is 0.174. The summed E-state index contributed by atoms with van der Waals surface area (Å²) in [5.41, 5.74) is 2.07. The average molecular weight is 423 g/mol. The van der Waals surface area contributed by atoms with Crippen LogP contribution in [0, 0.1) is 5.82 Å². The quantitative estimate of drug-likeness (QED) is 0.607. The van der Waals surface area contributed by atoms with Crippen molar-refractivity contribution < 1.29 is 22.3 Å². The normalized spacial score (nSPS) is 18.7. The largest absolute Gasteiger partial charge is 0.492 e. The molecule has 0 spiro atoms. The van der Waals surface area contributed by atoms with Crippen LogP contribution in [-0.4, -0.2) is 47.0 Å². The summed E-state index contributed by atoms with van der Waals surface area (Å²) in [7, 11) is -1.42. The van der Waals surface area contributed by atoms with Gasteiger partial charge in [0, 0.05) is 30.1 Å². The zero-order valence-electron chi connectivity index (χ0n) is 16.7. The second kappa shape index (κ2) is 9.56. The van der Waals surface area contributed by atoms with E-state index in [1.165, 1.54) is 11.6 Å². The fourth-order valence-electron chi connectivity index (χ4n) is 3.45. The molecule has 1 aliphatic rings. The Labute approximate surface area is 171 Å². The number of benzene rings is 2. The Morgan fingerprint density at radius 1 is 1.24 bits per heavy atom. The summed E-state index contributed by atoms with van der Waals surface area (Å²) in [5, 5.41) is 3.29. The second-order valence-corrected chi connectivity index (χ2v) is 9.06. The van der Waals surface area contributed by atoms with Gasteiger partial charge in [-0.1, -0.05) is 30.3 Å². The molecule has 0 aromatic heterocycles. The second-order valence-electron chi connectivity index (χ2n) is 6.97. The molecule has 0 radical (unpaired) electrons. The summed E-state index contributed by atoms with van der Waals surface area (Å²) in [4.78, 5) is 0. The summed E-state index contributed by atoms with van der Waals surface area (Å²) in [6, 6.07) is 13.2. The van der Waals surface area contributed by atoms with Crippen LogP contribution in [-0.2, 0) is 16.4 Å². The number of likely N-dealkylation sites (N-methyl/N-ethyl adjacent to an activating group) is 1. The molecule has 2 atom stereocenters. The van der Waals surface area contributed by atoms with Crippen molar-refractivity contribution in [3.63, 3.8) is 0 Å². The molecule has 6 nitrogen and oxygen atoms in total. The molecular weight excluding hydrogens is 395 g/mol. The third kappa shape index (κ3) is 5.46. The highest BCUT2D eigenvalue weighted by atomic mass is 32.2. The molecular formula is C21H27FN2O4S. The molecule has 1 heterocycles. The Morgan fingerprint density at radius 3 is 2.69 bits per heavy atom. The van der Waals surface area contributed by atoms with Crippen LogP contribution in [0.1, 0.15) is 24.0 Å². The van der Waals surface area contributed by atoms with E-state index < -0.39 is 15.8 Å².